The van der Waals surface area contributed by atoms with E-state index in [1.54, 1.807) is 24.3 Å². The number of nitro groups is 1. The van der Waals surface area contributed by atoms with Gasteiger partial charge in [-0.15, -0.1) is 0 Å². The van der Waals surface area contributed by atoms with Crippen molar-refractivity contribution < 1.29 is 27.2 Å². The van der Waals surface area contributed by atoms with Crippen LogP contribution in [-0.4, -0.2) is 20.8 Å². The minimum atomic E-state index is -4.63. The molecule has 0 saturated heterocycles. The number of halogens is 4. The van der Waals surface area contributed by atoms with Crippen molar-refractivity contribution in [2.45, 2.75) is 12.8 Å². The minimum absolute atomic E-state index is 0.0114. The summed E-state index contributed by atoms with van der Waals surface area (Å²) in [6, 6.07) is 20.3. The van der Waals surface area contributed by atoms with Crippen molar-refractivity contribution in [2.24, 2.45) is 5.10 Å². The highest BCUT2D eigenvalue weighted by molar-refractivity contribution is 5.83. The number of para-hydroxylation sites is 1. The van der Waals surface area contributed by atoms with E-state index in [9.17, 15) is 32.5 Å². The van der Waals surface area contributed by atoms with Crippen molar-refractivity contribution in [3.05, 3.63) is 134 Å². The van der Waals surface area contributed by atoms with Gasteiger partial charge in [-0.2, -0.15) is 22.9 Å². The van der Waals surface area contributed by atoms with Gasteiger partial charge < -0.3 is 4.74 Å². The summed E-state index contributed by atoms with van der Waals surface area (Å²) >= 11 is 0. The van der Waals surface area contributed by atoms with Crippen LogP contribution < -0.4 is 10.3 Å². The van der Waals surface area contributed by atoms with Crippen molar-refractivity contribution in [2.75, 3.05) is 0 Å². The van der Waals surface area contributed by atoms with Crippen LogP contribution in [0.5, 0.6) is 5.75 Å². The molecule has 41 heavy (non-hydrogen) atoms. The van der Waals surface area contributed by atoms with Crippen LogP contribution in [0.1, 0.15) is 16.7 Å². The molecule has 0 bridgehead atoms. The van der Waals surface area contributed by atoms with Gasteiger partial charge in [0.1, 0.15) is 12.4 Å². The van der Waals surface area contributed by atoms with Gasteiger partial charge in [0.05, 0.1) is 27.6 Å². The average Bonchev–Trinajstić information content (AvgIpc) is 2.96. The Hall–Kier alpha value is -5.39. The van der Waals surface area contributed by atoms with Crippen molar-refractivity contribution in [3.63, 3.8) is 0 Å². The van der Waals surface area contributed by atoms with Crippen LogP contribution in [0.4, 0.5) is 23.2 Å². The first-order chi connectivity index (χ1) is 19.6. The second-order valence-electron chi connectivity index (χ2n) is 8.76. The highest BCUT2D eigenvalue weighted by atomic mass is 19.4. The Morgan fingerprint density at radius 2 is 1.73 bits per heavy atom. The second-order valence-corrected chi connectivity index (χ2v) is 8.76. The molecule has 0 atom stereocenters. The molecular weight excluding hydrogens is 544 g/mol. The van der Waals surface area contributed by atoms with E-state index >= 15 is 0 Å². The fourth-order valence-corrected chi connectivity index (χ4v) is 4.03. The van der Waals surface area contributed by atoms with E-state index < -0.39 is 33.7 Å². The number of hydrogen-bond acceptors (Lipinski definition) is 6. The largest absolute Gasteiger partial charge is 0.482 e. The molecule has 1 aromatic heterocycles. The number of ether oxygens (including phenoxy) is 1. The molecule has 12 heteroatoms. The zero-order valence-corrected chi connectivity index (χ0v) is 20.9. The number of alkyl halides is 3. The molecule has 5 aromatic rings. The molecule has 8 nitrogen and oxygen atoms in total. The molecule has 0 saturated carbocycles. The van der Waals surface area contributed by atoms with E-state index in [1.165, 1.54) is 48.5 Å². The monoisotopic (exact) mass is 562 g/mol. The lowest BCUT2D eigenvalue weighted by molar-refractivity contribution is -0.386. The molecule has 0 spiro atoms. The first kappa shape index (κ1) is 27.2. The smallest absolute Gasteiger partial charge is 0.416 e. The van der Waals surface area contributed by atoms with Gasteiger partial charge in [0, 0.05) is 22.8 Å². The van der Waals surface area contributed by atoms with Gasteiger partial charge in [-0.1, -0.05) is 42.5 Å². The van der Waals surface area contributed by atoms with Gasteiger partial charge in [0.2, 0.25) is 0 Å². The van der Waals surface area contributed by atoms with E-state index in [0.717, 1.165) is 29.1 Å². The first-order valence-corrected chi connectivity index (χ1v) is 12.0. The van der Waals surface area contributed by atoms with Gasteiger partial charge in [-0.3, -0.25) is 14.9 Å². The molecule has 0 amide bonds. The summed E-state index contributed by atoms with van der Waals surface area (Å²) < 4.78 is 60.4. The topological polar surface area (TPSA) is 99.6 Å². The fraction of sp³-hybridized carbons (Fsp3) is 0.0690. The van der Waals surface area contributed by atoms with E-state index in [2.05, 4.69) is 10.1 Å². The van der Waals surface area contributed by atoms with Crippen LogP contribution in [0.25, 0.3) is 22.3 Å². The quantitative estimate of drug-likeness (QED) is 0.0965. The van der Waals surface area contributed by atoms with Crippen molar-refractivity contribution in [1.82, 2.24) is 9.66 Å². The van der Waals surface area contributed by atoms with E-state index in [0.29, 0.717) is 0 Å². The Labute approximate surface area is 228 Å². The number of nitrogens with zero attached hydrogens (tertiary/aromatic N) is 4. The summed E-state index contributed by atoms with van der Waals surface area (Å²) in [6.45, 7) is -0.251. The summed E-state index contributed by atoms with van der Waals surface area (Å²) in [6.07, 6.45) is -3.49. The molecule has 0 N–H and O–H groups in total. The Balaban J connectivity index is 1.55. The minimum Gasteiger partial charge on any atom is -0.482 e. The Bertz CT molecular complexity index is 1870. The van der Waals surface area contributed by atoms with Crippen LogP contribution in [0.2, 0.25) is 0 Å². The Kier molecular flexibility index (Phi) is 7.30. The maximum Gasteiger partial charge on any atom is 0.416 e. The summed E-state index contributed by atoms with van der Waals surface area (Å²) in [5.74, 6) is -0.801. The summed E-state index contributed by atoms with van der Waals surface area (Å²) in [5.41, 5.74) is -1.39. The molecule has 206 valence electrons. The lowest BCUT2D eigenvalue weighted by Crippen LogP contribution is -2.20. The summed E-state index contributed by atoms with van der Waals surface area (Å²) in [4.78, 5) is 28.8. The van der Waals surface area contributed by atoms with E-state index in [1.807, 2.05) is 0 Å². The van der Waals surface area contributed by atoms with Gasteiger partial charge in [0.25, 0.3) is 5.56 Å². The average molecular weight is 562 g/mol. The molecule has 0 aliphatic heterocycles. The highest BCUT2D eigenvalue weighted by Gasteiger charge is 2.31. The molecule has 1 heterocycles. The number of fused-ring (bicyclic) bond motifs is 1. The number of benzene rings is 4. The third-order valence-corrected chi connectivity index (χ3v) is 6.04. The molecule has 5 rings (SSSR count). The van der Waals surface area contributed by atoms with Gasteiger partial charge >= 0.3 is 11.9 Å². The van der Waals surface area contributed by atoms with Gasteiger partial charge in [-0.25, -0.2) is 9.37 Å². The van der Waals surface area contributed by atoms with Crippen LogP contribution in [0.15, 0.2) is 101 Å². The number of nitro benzene ring substituents is 1. The normalized spacial score (nSPS) is 11.7. The Morgan fingerprint density at radius 1 is 0.976 bits per heavy atom. The first-order valence-electron chi connectivity index (χ1n) is 12.0. The molecule has 4 aromatic carbocycles. The zero-order chi connectivity index (χ0) is 29.1. The summed E-state index contributed by atoms with van der Waals surface area (Å²) in [5, 5.41) is 16.1. The standard InChI is InChI=1S/C29H18F4N4O4/c30-23-10-3-1-6-20(23)17-41-26-13-12-18(14-25(26)37(39)40)16-34-36-27(19-7-5-8-21(15-19)29(31,32)33)35-24-11-4-2-9-22(24)28(36)38/h1-16H,17H2. The maximum atomic E-state index is 13.9. The van der Waals surface area contributed by atoms with Crippen molar-refractivity contribution in [1.29, 1.82) is 0 Å². The van der Waals surface area contributed by atoms with Crippen LogP contribution in [-0.2, 0) is 12.8 Å². The zero-order valence-electron chi connectivity index (χ0n) is 20.9. The lowest BCUT2D eigenvalue weighted by atomic mass is 10.1. The Morgan fingerprint density at radius 3 is 2.49 bits per heavy atom. The van der Waals surface area contributed by atoms with E-state index in [-0.39, 0.29) is 45.8 Å². The molecule has 0 aliphatic carbocycles. The number of rotatable bonds is 7. The van der Waals surface area contributed by atoms with Crippen LogP contribution >= 0.6 is 0 Å². The lowest BCUT2D eigenvalue weighted by Gasteiger charge is -2.12. The molecular formula is C29H18F4N4O4. The van der Waals surface area contributed by atoms with Crippen molar-refractivity contribution in [3.8, 4) is 17.1 Å². The van der Waals surface area contributed by atoms with Gasteiger partial charge in [-0.05, 0) is 42.5 Å². The summed E-state index contributed by atoms with van der Waals surface area (Å²) in [7, 11) is 0. The fourth-order valence-electron chi connectivity index (χ4n) is 4.03. The van der Waals surface area contributed by atoms with Crippen molar-refractivity contribution >= 4 is 22.8 Å². The molecule has 0 radical (unpaired) electrons. The predicted octanol–water partition coefficient (Wildman–Crippen LogP) is 6.59. The third kappa shape index (κ3) is 5.81. The SMILES string of the molecule is O=c1c2ccccc2nc(-c2cccc(C(F)(F)F)c2)n1N=Cc1ccc(OCc2ccccc2F)c([N+](=O)[O-])c1. The third-order valence-electron chi connectivity index (χ3n) is 6.04. The van der Waals surface area contributed by atoms with Crippen LogP contribution in [0, 0.1) is 15.9 Å². The molecule has 0 aliphatic rings. The van der Waals surface area contributed by atoms with E-state index in [4.69, 9.17) is 4.74 Å². The predicted molar refractivity (Wildman–Crippen MR) is 143 cm³/mol. The maximum absolute atomic E-state index is 13.9. The highest BCUT2D eigenvalue weighted by Crippen LogP contribution is 2.32. The van der Waals surface area contributed by atoms with Crippen LogP contribution in [0.3, 0.4) is 0 Å². The second kappa shape index (κ2) is 11.0. The molecule has 0 unspecified atom stereocenters. The number of hydrogen-bond donors (Lipinski definition) is 0. The van der Waals surface area contributed by atoms with Gasteiger partial charge in [0.15, 0.2) is 11.6 Å². The number of aromatic nitrogens is 2. The molecule has 0 fully saturated rings.